The number of thiazole rings is 1. The summed E-state index contributed by atoms with van der Waals surface area (Å²) in [5.41, 5.74) is 0.566. The van der Waals surface area contributed by atoms with Crippen molar-refractivity contribution in [1.29, 1.82) is 0 Å². The van der Waals surface area contributed by atoms with Crippen molar-refractivity contribution in [2.24, 2.45) is 0 Å². The number of amides is 1. The number of thiophene rings is 1. The molecule has 0 aliphatic carbocycles. The quantitative estimate of drug-likeness (QED) is 0.762. The zero-order chi connectivity index (χ0) is 14.2. The topological polar surface area (TPSA) is 66.9 Å². The van der Waals surface area contributed by atoms with Gasteiger partial charge in [-0.05, 0) is 23.6 Å². The monoisotopic (exact) mass is 314 g/mol. The van der Waals surface area contributed by atoms with Crippen LogP contribution in [0.3, 0.4) is 0 Å². The molecular weight excluding hydrogens is 304 g/mol. The number of carbonyl (C=O) groups excluding carboxylic acids is 1. The summed E-state index contributed by atoms with van der Waals surface area (Å²) < 4.78 is 0. The fraction of sp³-hybridized carbons (Fsp3) is 0.0714. The maximum atomic E-state index is 12.1. The molecule has 0 saturated carbocycles. The number of hydrogen-bond donors (Lipinski definition) is 2. The van der Waals surface area contributed by atoms with Gasteiger partial charge in [0.15, 0.2) is 0 Å². The van der Waals surface area contributed by atoms with Gasteiger partial charge < -0.3 is 10.6 Å². The molecule has 21 heavy (non-hydrogen) atoms. The van der Waals surface area contributed by atoms with Crippen LogP contribution < -0.4 is 10.6 Å². The Labute approximate surface area is 128 Å². The molecule has 7 heteroatoms. The lowest BCUT2D eigenvalue weighted by molar-refractivity contribution is 0.0935. The summed E-state index contributed by atoms with van der Waals surface area (Å²) in [7, 11) is 0. The van der Waals surface area contributed by atoms with E-state index in [-0.39, 0.29) is 12.1 Å². The first kappa shape index (κ1) is 12.5. The van der Waals surface area contributed by atoms with Crippen LogP contribution in [0.4, 0.5) is 5.82 Å². The van der Waals surface area contributed by atoms with E-state index in [9.17, 15) is 4.79 Å². The molecule has 0 aromatic carbocycles. The standard InChI is InChI=1S/C14H10N4OS2/c19-13-8-3-1-5-15-11(8)17-12(18-13)10-7-16-14(21-10)9-4-2-6-20-9/h1-7,12H,(H,15,17)(H,18,19)/t12-/m0/s1. The van der Waals surface area contributed by atoms with Gasteiger partial charge in [-0.25, -0.2) is 9.97 Å². The zero-order valence-corrected chi connectivity index (χ0v) is 12.4. The lowest BCUT2D eigenvalue weighted by Gasteiger charge is -2.25. The molecule has 2 N–H and O–H groups in total. The summed E-state index contributed by atoms with van der Waals surface area (Å²) in [5.74, 6) is 0.491. The molecule has 0 saturated heterocycles. The summed E-state index contributed by atoms with van der Waals surface area (Å²) in [6.07, 6.45) is 3.18. The average molecular weight is 314 g/mol. The maximum absolute atomic E-state index is 12.1. The van der Waals surface area contributed by atoms with Gasteiger partial charge in [0.25, 0.3) is 5.91 Å². The number of fused-ring (bicyclic) bond motifs is 1. The second kappa shape index (κ2) is 4.94. The van der Waals surface area contributed by atoms with Crippen molar-refractivity contribution >= 4 is 34.4 Å². The van der Waals surface area contributed by atoms with Crippen LogP contribution >= 0.6 is 22.7 Å². The summed E-state index contributed by atoms with van der Waals surface area (Å²) in [6.45, 7) is 0. The molecule has 0 unspecified atom stereocenters. The molecule has 3 aromatic rings. The molecule has 0 spiro atoms. The van der Waals surface area contributed by atoms with Gasteiger partial charge in [0, 0.05) is 12.4 Å². The molecule has 4 heterocycles. The van der Waals surface area contributed by atoms with Crippen molar-refractivity contribution in [3.05, 3.63) is 52.5 Å². The van der Waals surface area contributed by atoms with Crippen molar-refractivity contribution in [2.45, 2.75) is 6.17 Å². The first-order chi connectivity index (χ1) is 10.3. The Morgan fingerprint density at radius 2 is 2.10 bits per heavy atom. The highest BCUT2D eigenvalue weighted by Gasteiger charge is 2.26. The maximum Gasteiger partial charge on any atom is 0.256 e. The number of pyridine rings is 1. The molecule has 3 aromatic heterocycles. The van der Waals surface area contributed by atoms with Crippen LogP contribution in [-0.4, -0.2) is 15.9 Å². The Bertz CT molecular complexity index is 797. The van der Waals surface area contributed by atoms with E-state index in [1.807, 2.05) is 17.5 Å². The van der Waals surface area contributed by atoms with E-state index in [0.717, 1.165) is 14.8 Å². The Hall–Kier alpha value is -2.25. The van der Waals surface area contributed by atoms with Crippen molar-refractivity contribution in [1.82, 2.24) is 15.3 Å². The minimum absolute atomic E-state index is 0.118. The molecule has 5 nitrogen and oxygen atoms in total. The third-order valence-corrected chi connectivity index (χ3v) is 5.25. The van der Waals surface area contributed by atoms with E-state index in [0.29, 0.717) is 11.4 Å². The normalized spacial score (nSPS) is 17.0. The summed E-state index contributed by atoms with van der Waals surface area (Å²) in [5, 5.41) is 9.15. The van der Waals surface area contributed by atoms with Crippen LogP contribution in [0.1, 0.15) is 21.4 Å². The van der Waals surface area contributed by atoms with Gasteiger partial charge in [-0.3, -0.25) is 4.79 Å². The van der Waals surface area contributed by atoms with Crippen LogP contribution in [0.15, 0.2) is 42.0 Å². The van der Waals surface area contributed by atoms with Crippen LogP contribution in [0, 0.1) is 0 Å². The predicted octanol–water partition coefficient (Wildman–Crippen LogP) is 3.12. The minimum Gasteiger partial charge on any atom is -0.345 e. The van der Waals surface area contributed by atoms with Crippen LogP contribution in [0.25, 0.3) is 9.88 Å². The van der Waals surface area contributed by atoms with Crippen molar-refractivity contribution in [2.75, 3.05) is 5.32 Å². The number of nitrogens with zero attached hydrogens (tertiary/aromatic N) is 2. The smallest absolute Gasteiger partial charge is 0.256 e. The Morgan fingerprint density at radius 3 is 2.95 bits per heavy atom. The zero-order valence-electron chi connectivity index (χ0n) is 10.7. The lowest BCUT2D eigenvalue weighted by Crippen LogP contribution is -2.38. The van der Waals surface area contributed by atoms with Gasteiger partial charge in [-0.2, -0.15) is 0 Å². The second-order valence-electron chi connectivity index (χ2n) is 4.50. The SMILES string of the molecule is O=C1N[C@@H](c2cnc(-c3cccs3)s2)Nc2ncccc21. The van der Waals surface area contributed by atoms with Gasteiger partial charge >= 0.3 is 0 Å². The molecule has 1 aliphatic heterocycles. The summed E-state index contributed by atoms with van der Waals surface area (Å²) in [6, 6.07) is 7.55. The third-order valence-electron chi connectivity index (χ3n) is 3.15. The van der Waals surface area contributed by atoms with Crippen molar-refractivity contribution in [3.8, 4) is 9.88 Å². The highest BCUT2D eigenvalue weighted by atomic mass is 32.1. The molecule has 0 bridgehead atoms. The van der Waals surface area contributed by atoms with Crippen molar-refractivity contribution < 1.29 is 4.79 Å². The Kier molecular flexibility index (Phi) is 2.94. The van der Waals surface area contributed by atoms with E-state index < -0.39 is 0 Å². The van der Waals surface area contributed by atoms with E-state index >= 15 is 0 Å². The fourth-order valence-electron chi connectivity index (χ4n) is 2.16. The number of hydrogen-bond acceptors (Lipinski definition) is 6. The van der Waals surface area contributed by atoms with E-state index in [4.69, 9.17) is 0 Å². The second-order valence-corrected chi connectivity index (χ2v) is 6.51. The van der Waals surface area contributed by atoms with Crippen molar-refractivity contribution in [3.63, 3.8) is 0 Å². The summed E-state index contributed by atoms with van der Waals surface area (Å²) in [4.78, 5) is 22.8. The van der Waals surface area contributed by atoms with Crippen LogP contribution in [0.2, 0.25) is 0 Å². The molecule has 1 amide bonds. The first-order valence-electron chi connectivity index (χ1n) is 6.33. The van der Waals surface area contributed by atoms with E-state index in [2.05, 4.69) is 20.6 Å². The van der Waals surface area contributed by atoms with Gasteiger partial charge in [0.1, 0.15) is 17.0 Å². The molecule has 1 aliphatic rings. The number of nitrogens with one attached hydrogen (secondary N) is 2. The molecule has 4 rings (SSSR count). The molecule has 1 atom stereocenters. The van der Waals surface area contributed by atoms with E-state index in [1.165, 1.54) is 0 Å². The highest BCUT2D eigenvalue weighted by Crippen LogP contribution is 2.33. The fourth-order valence-corrected chi connectivity index (χ4v) is 3.88. The highest BCUT2D eigenvalue weighted by molar-refractivity contribution is 7.21. The predicted molar refractivity (Wildman–Crippen MR) is 83.5 cm³/mol. The lowest BCUT2D eigenvalue weighted by atomic mass is 10.2. The van der Waals surface area contributed by atoms with Crippen LogP contribution in [0.5, 0.6) is 0 Å². The van der Waals surface area contributed by atoms with Gasteiger partial charge in [0.05, 0.1) is 15.3 Å². The largest absolute Gasteiger partial charge is 0.345 e. The van der Waals surface area contributed by atoms with Gasteiger partial charge in [0.2, 0.25) is 0 Å². The van der Waals surface area contributed by atoms with Gasteiger partial charge in [-0.15, -0.1) is 22.7 Å². The molecule has 104 valence electrons. The van der Waals surface area contributed by atoms with E-state index in [1.54, 1.807) is 47.2 Å². The van der Waals surface area contributed by atoms with Gasteiger partial charge in [-0.1, -0.05) is 6.07 Å². The number of rotatable bonds is 2. The third kappa shape index (κ3) is 2.20. The Balaban J connectivity index is 1.65. The molecule has 0 fully saturated rings. The summed E-state index contributed by atoms with van der Waals surface area (Å²) >= 11 is 3.22. The molecular formula is C14H10N4OS2. The molecule has 0 radical (unpaired) electrons. The number of aromatic nitrogens is 2. The Morgan fingerprint density at radius 1 is 1.14 bits per heavy atom. The minimum atomic E-state index is -0.286. The average Bonchev–Trinajstić information content (AvgIpc) is 3.18. The number of anilines is 1. The number of carbonyl (C=O) groups is 1. The first-order valence-corrected chi connectivity index (χ1v) is 8.03. The van der Waals surface area contributed by atoms with Crippen LogP contribution in [-0.2, 0) is 0 Å².